The molecular weight excluding hydrogens is 236 g/mol. The lowest BCUT2D eigenvalue weighted by atomic mass is 9.84. The quantitative estimate of drug-likeness (QED) is 0.845. The second-order valence-corrected chi connectivity index (χ2v) is 4.57. The predicted octanol–water partition coefficient (Wildman–Crippen LogP) is 1.44. The number of carbonyl (C=O) groups excluding carboxylic acids is 1. The molecule has 1 atom stereocenters. The average Bonchev–Trinajstić information content (AvgIpc) is 2.90. The Balaban J connectivity index is 2.02. The zero-order valence-corrected chi connectivity index (χ0v) is 9.96. The molecule has 0 saturated heterocycles. The van der Waals surface area contributed by atoms with Crippen LogP contribution in [0.15, 0.2) is 16.9 Å². The summed E-state index contributed by atoms with van der Waals surface area (Å²) in [6.07, 6.45) is 6.15. The zero-order valence-electron chi connectivity index (χ0n) is 9.96. The Kier molecular flexibility index (Phi) is 3.96. The van der Waals surface area contributed by atoms with Gasteiger partial charge >= 0.3 is 5.97 Å². The number of amides is 1. The fourth-order valence-corrected chi connectivity index (χ4v) is 2.39. The van der Waals surface area contributed by atoms with Gasteiger partial charge in [0, 0.05) is 6.07 Å². The van der Waals surface area contributed by atoms with Gasteiger partial charge in [0.1, 0.15) is 12.3 Å². The van der Waals surface area contributed by atoms with E-state index in [1.165, 1.54) is 12.3 Å². The van der Waals surface area contributed by atoms with E-state index in [4.69, 9.17) is 0 Å². The lowest BCUT2D eigenvalue weighted by Gasteiger charge is -2.27. The molecule has 1 unspecified atom stereocenters. The molecule has 2 rings (SSSR count). The summed E-state index contributed by atoms with van der Waals surface area (Å²) >= 11 is 0. The van der Waals surface area contributed by atoms with Crippen molar-refractivity contribution >= 4 is 11.9 Å². The van der Waals surface area contributed by atoms with E-state index in [0.29, 0.717) is 0 Å². The Morgan fingerprint density at radius 1 is 1.39 bits per heavy atom. The minimum absolute atomic E-state index is 0.00658. The molecule has 1 aromatic rings. The monoisotopic (exact) mass is 252 g/mol. The van der Waals surface area contributed by atoms with Gasteiger partial charge in [0.05, 0.1) is 0 Å². The Morgan fingerprint density at radius 2 is 2.11 bits per heavy atom. The molecular formula is C12H16N2O4. The third-order valence-electron chi connectivity index (χ3n) is 3.34. The average molecular weight is 252 g/mol. The zero-order chi connectivity index (χ0) is 13.0. The molecule has 0 aliphatic heterocycles. The van der Waals surface area contributed by atoms with Gasteiger partial charge in [-0.2, -0.15) is 0 Å². The lowest BCUT2D eigenvalue weighted by Crippen LogP contribution is -2.46. The minimum Gasteiger partial charge on any atom is -0.480 e. The summed E-state index contributed by atoms with van der Waals surface area (Å²) in [7, 11) is 0. The van der Waals surface area contributed by atoms with Crippen LogP contribution in [0.3, 0.4) is 0 Å². The van der Waals surface area contributed by atoms with Crippen LogP contribution in [0.25, 0.3) is 0 Å². The smallest absolute Gasteiger partial charge is 0.326 e. The van der Waals surface area contributed by atoms with Crippen LogP contribution in [0.1, 0.15) is 42.6 Å². The van der Waals surface area contributed by atoms with Gasteiger partial charge in [-0.15, -0.1) is 0 Å². The molecule has 1 fully saturated rings. The number of nitrogens with zero attached hydrogens (tertiary/aromatic N) is 1. The van der Waals surface area contributed by atoms with Crippen LogP contribution < -0.4 is 5.32 Å². The van der Waals surface area contributed by atoms with Gasteiger partial charge in [-0.3, -0.25) is 4.79 Å². The Morgan fingerprint density at radius 3 is 2.67 bits per heavy atom. The van der Waals surface area contributed by atoms with Crippen molar-refractivity contribution in [2.45, 2.75) is 38.1 Å². The standard InChI is InChI=1S/C12H16N2O4/c15-11(9-6-7-18-14-9)13-10(12(16)17)8-4-2-1-3-5-8/h6-8,10H,1-5H2,(H,13,15)(H,16,17). The molecule has 0 radical (unpaired) electrons. The first kappa shape index (κ1) is 12.6. The fraction of sp³-hybridized carbons (Fsp3) is 0.583. The van der Waals surface area contributed by atoms with E-state index >= 15 is 0 Å². The van der Waals surface area contributed by atoms with E-state index in [1.807, 2.05) is 0 Å². The number of aromatic nitrogens is 1. The van der Waals surface area contributed by atoms with Gasteiger partial charge in [0.15, 0.2) is 5.69 Å². The predicted molar refractivity (Wildman–Crippen MR) is 62.0 cm³/mol. The van der Waals surface area contributed by atoms with Crippen molar-refractivity contribution in [3.8, 4) is 0 Å². The molecule has 6 heteroatoms. The van der Waals surface area contributed by atoms with E-state index < -0.39 is 17.9 Å². The third kappa shape index (κ3) is 2.88. The van der Waals surface area contributed by atoms with Crippen molar-refractivity contribution in [3.63, 3.8) is 0 Å². The van der Waals surface area contributed by atoms with Crippen LogP contribution in [0.5, 0.6) is 0 Å². The van der Waals surface area contributed by atoms with Gasteiger partial charge < -0.3 is 14.9 Å². The van der Waals surface area contributed by atoms with Crippen molar-refractivity contribution < 1.29 is 19.2 Å². The molecule has 0 bridgehead atoms. The van der Waals surface area contributed by atoms with Crippen molar-refractivity contribution in [2.75, 3.05) is 0 Å². The van der Waals surface area contributed by atoms with Crippen LogP contribution in [-0.4, -0.2) is 28.2 Å². The van der Waals surface area contributed by atoms with Gasteiger partial charge in [-0.05, 0) is 18.8 Å². The topological polar surface area (TPSA) is 92.4 Å². The van der Waals surface area contributed by atoms with Gasteiger partial charge in [0.25, 0.3) is 5.91 Å². The summed E-state index contributed by atoms with van der Waals surface area (Å²) in [4.78, 5) is 23.0. The summed E-state index contributed by atoms with van der Waals surface area (Å²) < 4.78 is 4.56. The van der Waals surface area contributed by atoms with Crippen LogP contribution in [0, 0.1) is 5.92 Å². The van der Waals surface area contributed by atoms with Crippen molar-refractivity contribution in [3.05, 3.63) is 18.0 Å². The van der Waals surface area contributed by atoms with Crippen molar-refractivity contribution in [1.29, 1.82) is 0 Å². The summed E-state index contributed by atoms with van der Waals surface area (Å²) in [5.74, 6) is -1.48. The van der Waals surface area contributed by atoms with E-state index in [9.17, 15) is 14.7 Å². The SMILES string of the molecule is O=C(NC(C(=O)O)C1CCCCC1)c1ccon1. The maximum absolute atomic E-state index is 11.8. The highest BCUT2D eigenvalue weighted by Gasteiger charge is 2.31. The largest absolute Gasteiger partial charge is 0.480 e. The van der Waals surface area contributed by atoms with Gasteiger partial charge in [-0.1, -0.05) is 24.4 Å². The molecule has 6 nitrogen and oxygen atoms in total. The molecule has 1 aliphatic carbocycles. The molecule has 98 valence electrons. The highest BCUT2D eigenvalue weighted by molar-refractivity contribution is 5.94. The van der Waals surface area contributed by atoms with Crippen LogP contribution >= 0.6 is 0 Å². The fourth-order valence-electron chi connectivity index (χ4n) is 2.39. The number of hydrogen-bond acceptors (Lipinski definition) is 4. The van der Waals surface area contributed by atoms with Crippen LogP contribution in [0.2, 0.25) is 0 Å². The van der Waals surface area contributed by atoms with Gasteiger partial charge in [-0.25, -0.2) is 4.79 Å². The highest BCUT2D eigenvalue weighted by atomic mass is 16.5. The molecule has 1 aromatic heterocycles. The minimum atomic E-state index is -0.987. The molecule has 1 heterocycles. The second-order valence-electron chi connectivity index (χ2n) is 4.57. The normalized spacial score (nSPS) is 18.2. The van der Waals surface area contributed by atoms with E-state index in [2.05, 4.69) is 15.0 Å². The summed E-state index contributed by atoms with van der Waals surface area (Å²) in [5, 5.41) is 15.2. The second kappa shape index (κ2) is 5.66. The first-order chi connectivity index (χ1) is 8.68. The first-order valence-electron chi connectivity index (χ1n) is 6.12. The third-order valence-corrected chi connectivity index (χ3v) is 3.34. The van der Waals surface area contributed by atoms with Gasteiger partial charge in [0.2, 0.25) is 0 Å². The Hall–Kier alpha value is -1.85. The molecule has 0 aromatic carbocycles. The van der Waals surface area contributed by atoms with E-state index in [1.54, 1.807) is 0 Å². The molecule has 2 N–H and O–H groups in total. The number of carboxylic acid groups (broad SMARTS) is 1. The van der Waals surface area contributed by atoms with Crippen LogP contribution in [0.4, 0.5) is 0 Å². The Bertz CT molecular complexity index is 410. The number of carboxylic acids is 1. The number of carbonyl (C=O) groups is 2. The maximum Gasteiger partial charge on any atom is 0.326 e. The van der Waals surface area contributed by atoms with E-state index in [-0.39, 0.29) is 11.6 Å². The van der Waals surface area contributed by atoms with Crippen molar-refractivity contribution in [1.82, 2.24) is 10.5 Å². The number of hydrogen-bond donors (Lipinski definition) is 2. The lowest BCUT2D eigenvalue weighted by molar-refractivity contribution is -0.141. The first-order valence-corrected chi connectivity index (χ1v) is 6.12. The molecule has 1 amide bonds. The van der Waals surface area contributed by atoms with E-state index in [0.717, 1.165) is 32.1 Å². The van der Waals surface area contributed by atoms with Crippen molar-refractivity contribution in [2.24, 2.45) is 5.92 Å². The summed E-state index contributed by atoms with van der Waals surface area (Å²) in [6.45, 7) is 0. The number of nitrogens with one attached hydrogen (secondary N) is 1. The summed E-state index contributed by atoms with van der Waals surface area (Å²) in [6, 6.07) is 0.573. The number of aliphatic carboxylic acids is 1. The molecule has 1 saturated carbocycles. The summed E-state index contributed by atoms with van der Waals surface area (Å²) in [5.41, 5.74) is 0.108. The van der Waals surface area contributed by atoms with Crippen LogP contribution in [-0.2, 0) is 4.79 Å². The Labute approximate surface area is 104 Å². The maximum atomic E-state index is 11.8. The highest BCUT2D eigenvalue weighted by Crippen LogP contribution is 2.26. The molecule has 0 spiro atoms. The number of rotatable bonds is 4. The molecule has 1 aliphatic rings. The molecule has 18 heavy (non-hydrogen) atoms.